The largest absolute Gasteiger partial charge is 0.506 e. The van der Waals surface area contributed by atoms with Crippen LogP contribution in [0.15, 0.2) is 39.9 Å². The Bertz CT molecular complexity index is 880. The van der Waals surface area contributed by atoms with E-state index in [0.717, 1.165) is 10.0 Å². The Labute approximate surface area is 176 Å². The number of halogens is 3. The van der Waals surface area contributed by atoms with Gasteiger partial charge in [-0.15, -0.1) is 0 Å². The second-order valence-electron chi connectivity index (χ2n) is 6.80. The Morgan fingerprint density at radius 1 is 1.30 bits per heavy atom. The molecule has 2 aromatic rings. The number of nitrogens with one attached hydrogen (secondary N) is 1. The van der Waals surface area contributed by atoms with E-state index < -0.39 is 5.91 Å². The normalized spacial score (nSPS) is 11.6. The summed E-state index contributed by atoms with van der Waals surface area (Å²) in [5.74, 6) is -0.0646. The van der Waals surface area contributed by atoms with Crippen molar-refractivity contribution < 1.29 is 14.6 Å². The molecule has 0 aliphatic rings. The summed E-state index contributed by atoms with van der Waals surface area (Å²) in [7, 11) is 0. The minimum Gasteiger partial charge on any atom is -0.506 e. The number of hydrogen-bond acceptors (Lipinski definition) is 4. The smallest absolute Gasteiger partial charge is 0.277 e. The van der Waals surface area contributed by atoms with Crippen LogP contribution in [0, 0.1) is 0 Å². The Hall–Kier alpha value is -1.76. The predicted molar refractivity (Wildman–Crippen MR) is 112 cm³/mol. The number of rotatable bonds is 5. The van der Waals surface area contributed by atoms with Crippen molar-refractivity contribution in [3.63, 3.8) is 0 Å². The molecule has 0 bridgehead atoms. The molecule has 0 fully saturated rings. The lowest BCUT2D eigenvalue weighted by molar-refractivity contribution is -0.123. The molecule has 0 radical (unpaired) electrons. The van der Waals surface area contributed by atoms with Crippen LogP contribution in [0.5, 0.6) is 11.5 Å². The Morgan fingerprint density at radius 3 is 2.63 bits per heavy atom. The van der Waals surface area contributed by atoms with Crippen LogP contribution in [0.2, 0.25) is 10.0 Å². The summed E-state index contributed by atoms with van der Waals surface area (Å²) in [4.78, 5) is 11.9. The summed E-state index contributed by atoms with van der Waals surface area (Å²) < 4.78 is 6.27. The van der Waals surface area contributed by atoms with Gasteiger partial charge in [-0.3, -0.25) is 4.79 Å². The standard InChI is InChI=1S/C19H19BrCl2N2O3/c1-19(2,3)12-4-5-16(14(20)7-12)27-10-17(25)24-23-9-11-6-13(21)8-15(22)18(11)26/h4-9,26H,10H2,1-3H3,(H,24,25). The molecule has 144 valence electrons. The summed E-state index contributed by atoms with van der Waals surface area (Å²) in [6.45, 7) is 6.13. The average molecular weight is 474 g/mol. The number of amides is 1. The minimum atomic E-state index is -0.453. The third-order valence-electron chi connectivity index (χ3n) is 3.61. The highest BCUT2D eigenvalue weighted by Crippen LogP contribution is 2.31. The first-order valence-corrected chi connectivity index (χ1v) is 9.55. The molecule has 0 heterocycles. The second kappa shape index (κ2) is 8.95. The van der Waals surface area contributed by atoms with Gasteiger partial charge >= 0.3 is 0 Å². The van der Waals surface area contributed by atoms with Crippen LogP contribution in [0.4, 0.5) is 0 Å². The number of phenols is 1. The zero-order valence-electron chi connectivity index (χ0n) is 15.0. The second-order valence-corrected chi connectivity index (χ2v) is 8.50. The number of carbonyl (C=O) groups is 1. The van der Waals surface area contributed by atoms with E-state index in [1.54, 1.807) is 0 Å². The lowest BCUT2D eigenvalue weighted by Crippen LogP contribution is -2.24. The third kappa shape index (κ3) is 6.13. The number of hydrazone groups is 1. The fourth-order valence-electron chi connectivity index (χ4n) is 2.12. The minimum absolute atomic E-state index is 0.0158. The van der Waals surface area contributed by atoms with Gasteiger partial charge in [-0.05, 0) is 51.2 Å². The molecule has 2 rings (SSSR count). The highest BCUT2D eigenvalue weighted by molar-refractivity contribution is 9.10. The van der Waals surface area contributed by atoms with E-state index in [1.807, 2.05) is 18.2 Å². The van der Waals surface area contributed by atoms with Crippen LogP contribution in [0.1, 0.15) is 31.9 Å². The molecule has 5 nitrogen and oxygen atoms in total. The molecule has 0 spiro atoms. The van der Waals surface area contributed by atoms with Gasteiger partial charge in [0.25, 0.3) is 5.91 Å². The first-order valence-electron chi connectivity index (χ1n) is 8.00. The van der Waals surface area contributed by atoms with Gasteiger partial charge in [0.2, 0.25) is 0 Å². The summed E-state index contributed by atoms with van der Waals surface area (Å²) in [6.07, 6.45) is 1.25. The molecule has 0 aliphatic heterocycles. The molecule has 8 heteroatoms. The number of nitrogens with zero attached hydrogens (tertiary/aromatic N) is 1. The van der Waals surface area contributed by atoms with Gasteiger partial charge in [0.15, 0.2) is 6.61 Å². The lowest BCUT2D eigenvalue weighted by atomic mass is 9.87. The molecular formula is C19H19BrCl2N2O3. The monoisotopic (exact) mass is 472 g/mol. The van der Waals surface area contributed by atoms with E-state index in [1.165, 1.54) is 18.3 Å². The summed E-state index contributed by atoms with van der Waals surface area (Å²) >= 11 is 15.1. The van der Waals surface area contributed by atoms with Crippen molar-refractivity contribution >= 4 is 51.3 Å². The van der Waals surface area contributed by atoms with E-state index in [0.29, 0.717) is 10.8 Å². The van der Waals surface area contributed by atoms with Crippen LogP contribution in [-0.2, 0) is 10.2 Å². The SMILES string of the molecule is CC(C)(C)c1ccc(OCC(=O)NN=Cc2cc(Cl)cc(Cl)c2O)c(Br)c1. The van der Waals surface area contributed by atoms with Crippen molar-refractivity contribution in [1.82, 2.24) is 5.43 Å². The molecule has 27 heavy (non-hydrogen) atoms. The van der Waals surface area contributed by atoms with E-state index in [4.69, 9.17) is 27.9 Å². The van der Waals surface area contributed by atoms with Crippen molar-refractivity contribution in [3.05, 3.63) is 56.0 Å². The van der Waals surface area contributed by atoms with Crippen molar-refractivity contribution in [2.24, 2.45) is 5.10 Å². The number of benzene rings is 2. The number of phenolic OH excluding ortho intramolecular Hbond substituents is 1. The maximum absolute atomic E-state index is 11.9. The average Bonchev–Trinajstić information content (AvgIpc) is 2.57. The van der Waals surface area contributed by atoms with Gasteiger partial charge in [0, 0.05) is 10.6 Å². The lowest BCUT2D eigenvalue weighted by Gasteiger charge is -2.20. The van der Waals surface area contributed by atoms with Crippen LogP contribution in [0.3, 0.4) is 0 Å². The third-order valence-corrected chi connectivity index (χ3v) is 4.73. The molecule has 0 unspecified atom stereocenters. The first kappa shape index (κ1) is 21.5. The Balaban J connectivity index is 1.94. The quantitative estimate of drug-likeness (QED) is 0.457. The van der Waals surface area contributed by atoms with Crippen molar-refractivity contribution in [3.8, 4) is 11.5 Å². The highest BCUT2D eigenvalue weighted by atomic mass is 79.9. The van der Waals surface area contributed by atoms with Crippen molar-refractivity contribution in [2.75, 3.05) is 6.61 Å². The maximum Gasteiger partial charge on any atom is 0.277 e. The molecule has 0 atom stereocenters. The zero-order chi connectivity index (χ0) is 20.2. The van der Waals surface area contributed by atoms with E-state index >= 15 is 0 Å². The summed E-state index contributed by atoms with van der Waals surface area (Å²) in [6, 6.07) is 8.62. The molecule has 0 saturated carbocycles. The van der Waals surface area contributed by atoms with Gasteiger partial charge in [-0.2, -0.15) is 5.10 Å². The van der Waals surface area contributed by atoms with E-state index in [-0.39, 0.29) is 28.4 Å². The topological polar surface area (TPSA) is 70.9 Å². The van der Waals surface area contributed by atoms with Gasteiger partial charge in [0.1, 0.15) is 11.5 Å². The molecule has 1 amide bonds. The van der Waals surface area contributed by atoms with Crippen molar-refractivity contribution in [1.29, 1.82) is 0 Å². The number of ether oxygens (including phenoxy) is 1. The molecule has 0 aromatic heterocycles. The molecular weight excluding hydrogens is 455 g/mol. The van der Waals surface area contributed by atoms with Crippen LogP contribution in [-0.4, -0.2) is 23.8 Å². The first-order chi connectivity index (χ1) is 12.6. The molecule has 2 N–H and O–H groups in total. The van der Waals surface area contributed by atoms with Crippen LogP contribution >= 0.6 is 39.1 Å². The van der Waals surface area contributed by atoms with Gasteiger partial charge < -0.3 is 9.84 Å². The maximum atomic E-state index is 11.9. The fourth-order valence-corrected chi connectivity index (χ4v) is 3.12. The van der Waals surface area contributed by atoms with Gasteiger partial charge in [-0.1, -0.05) is 50.0 Å². The van der Waals surface area contributed by atoms with Crippen LogP contribution < -0.4 is 10.2 Å². The van der Waals surface area contributed by atoms with Crippen LogP contribution in [0.25, 0.3) is 0 Å². The van der Waals surface area contributed by atoms with E-state index in [9.17, 15) is 9.90 Å². The summed E-state index contributed by atoms with van der Waals surface area (Å²) in [5.41, 5.74) is 3.77. The highest BCUT2D eigenvalue weighted by Gasteiger charge is 2.15. The zero-order valence-corrected chi connectivity index (χ0v) is 18.1. The molecule has 0 aliphatic carbocycles. The van der Waals surface area contributed by atoms with Gasteiger partial charge in [-0.25, -0.2) is 5.43 Å². The van der Waals surface area contributed by atoms with Crippen molar-refractivity contribution in [2.45, 2.75) is 26.2 Å². The number of hydrogen-bond donors (Lipinski definition) is 2. The van der Waals surface area contributed by atoms with E-state index in [2.05, 4.69) is 47.2 Å². The number of aromatic hydroxyl groups is 1. The molecule has 2 aromatic carbocycles. The fraction of sp³-hybridized carbons (Fsp3) is 0.263. The van der Waals surface area contributed by atoms with Gasteiger partial charge in [0.05, 0.1) is 15.7 Å². The predicted octanol–water partition coefficient (Wildman–Crippen LogP) is 5.29. The summed E-state index contributed by atoms with van der Waals surface area (Å²) in [5, 5.41) is 14.0. The molecule has 0 saturated heterocycles. The Kier molecular flexibility index (Phi) is 7.14. The number of carbonyl (C=O) groups excluding carboxylic acids is 1. The Morgan fingerprint density at radius 2 is 2.00 bits per heavy atom.